The van der Waals surface area contributed by atoms with Crippen molar-refractivity contribution in [1.29, 1.82) is 0 Å². The number of esters is 1. The summed E-state index contributed by atoms with van der Waals surface area (Å²) in [5.74, 6) is -0.685. The predicted molar refractivity (Wildman–Crippen MR) is 135 cm³/mol. The van der Waals surface area contributed by atoms with Crippen molar-refractivity contribution >= 4 is 35.0 Å². The second kappa shape index (κ2) is 10.3. The van der Waals surface area contributed by atoms with Crippen LogP contribution in [0.5, 0.6) is 11.5 Å². The van der Waals surface area contributed by atoms with Crippen LogP contribution in [0.3, 0.4) is 0 Å². The predicted octanol–water partition coefficient (Wildman–Crippen LogP) is 5.79. The molecule has 1 N–H and O–H groups in total. The van der Waals surface area contributed by atoms with Gasteiger partial charge in [-0.2, -0.15) is 0 Å². The molecule has 8 heteroatoms. The zero-order valence-electron chi connectivity index (χ0n) is 20.0. The average molecular weight is 516 g/mol. The fourth-order valence-electron chi connectivity index (χ4n) is 4.95. The van der Waals surface area contributed by atoms with E-state index in [0.29, 0.717) is 38.4 Å². The number of hydrogen-bond donors (Lipinski definition) is 1. The standard InChI is InChI=1S/C27H27Cl2NO5/c1-5-35-27(32)23-14(2)30-19-11-16(15-9-10-21(33-3)22(13-15)34-4)12-20(31)25(19)24(23)17-7-6-8-18(28)26(17)29/h6-11,13,16,24-25,30H,5,12H2,1-4H3. The molecule has 0 radical (unpaired) electrons. The van der Waals surface area contributed by atoms with Crippen molar-refractivity contribution in [1.82, 2.24) is 5.32 Å². The second-order valence-electron chi connectivity index (χ2n) is 8.50. The molecule has 0 saturated carbocycles. The summed E-state index contributed by atoms with van der Waals surface area (Å²) >= 11 is 12.9. The molecule has 4 rings (SSSR count). The molecule has 0 saturated heterocycles. The van der Waals surface area contributed by atoms with Crippen molar-refractivity contribution in [2.24, 2.45) is 5.92 Å². The summed E-state index contributed by atoms with van der Waals surface area (Å²) in [6.07, 6.45) is 2.30. The van der Waals surface area contributed by atoms with Crippen molar-refractivity contribution in [2.75, 3.05) is 20.8 Å². The summed E-state index contributed by atoms with van der Waals surface area (Å²) < 4.78 is 16.2. The second-order valence-corrected chi connectivity index (χ2v) is 9.28. The molecule has 2 aromatic carbocycles. The van der Waals surface area contributed by atoms with E-state index in [2.05, 4.69) is 5.32 Å². The number of methoxy groups -OCH3 is 2. The number of fused-ring (bicyclic) bond motifs is 1. The van der Waals surface area contributed by atoms with Crippen LogP contribution in [0.4, 0.5) is 0 Å². The summed E-state index contributed by atoms with van der Waals surface area (Å²) in [5, 5.41) is 4.00. The third kappa shape index (κ3) is 4.65. The molecule has 2 aliphatic rings. The molecule has 0 spiro atoms. The quantitative estimate of drug-likeness (QED) is 0.490. The molecule has 3 unspecified atom stereocenters. The number of nitrogens with one attached hydrogen (secondary N) is 1. The van der Waals surface area contributed by atoms with Crippen molar-refractivity contribution < 1.29 is 23.8 Å². The van der Waals surface area contributed by atoms with E-state index >= 15 is 0 Å². The van der Waals surface area contributed by atoms with Gasteiger partial charge in [-0.15, -0.1) is 0 Å². The molecule has 1 heterocycles. The lowest BCUT2D eigenvalue weighted by atomic mass is 9.68. The van der Waals surface area contributed by atoms with Crippen molar-refractivity contribution in [3.63, 3.8) is 0 Å². The van der Waals surface area contributed by atoms with E-state index in [1.54, 1.807) is 40.2 Å². The molecule has 3 atom stereocenters. The molecule has 184 valence electrons. The van der Waals surface area contributed by atoms with E-state index in [-0.39, 0.29) is 24.7 Å². The van der Waals surface area contributed by atoms with Gasteiger partial charge in [0, 0.05) is 29.7 Å². The van der Waals surface area contributed by atoms with Gasteiger partial charge < -0.3 is 19.5 Å². The first-order chi connectivity index (χ1) is 16.8. The number of carbonyl (C=O) groups is 2. The normalized spacial score (nSPS) is 21.6. The molecule has 0 fully saturated rings. The average Bonchev–Trinajstić information content (AvgIpc) is 2.84. The molecule has 2 aromatic rings. The van der Waals surface area contributed by atoms with Crippen molar-refractivity contribution in [2.45, 2.75) is 32.1 Å². The van der Waals surface area contributed by atoms with E-state index < -0.39 is 17.8 Å². The van der Waals surface area contributed by atoms with Crippen LogP contribution in [-0.4, -0.2) is 32.6 Å². The van der Waals surface area contributed by atoms with Gasteiger partial charge in [-0.05, 0) is 43.2 Å². The Morgan fingerprint density at radius 2 is 1.83 bits per heavy atom. The molecule has 0 aromatic heterocycles. The molecular formula is C27H27Cl2NO5. The Morgan fingerprint density at radius 1 is 1.09 bits per heavy atom. The number of rotatable bonds is 6. The number of benzene rings is 2. The van der Waals surface area contributed by atoms with Gasteiger partial charge in [-0.25, -0.2) is 4.79 Å². The van der Waals surface area contributed by atoms with Gasteiger partial charge in [0.05, 0.1) is 42.4 Å². The van der Waals surface area contributed by atoms with Crippen LogP contribution in [0.2, 0.25) is 10.0 Å². The number of ether oxygens (including phenoxy) is 3. The van der Waals surface area contributed by atoms with E-state index in [1.807, 2.05) is 30.3 Å². The number of ketones is 1. The highest BCUT2D eigenvalue weighted by atomic mass is 35.5. The summed E-state index contributed by atoms with van der Waals surface area (Å²) in [4.78, 5) is 26.7. The molecular weight excluding hydrogens is 489 g/mol. The maximum absolute atomic E-state index is 13.7. The summed E-state index contributed by atoms with van der Waals surface area (Å²) in [5.41, 5.74) is 3.28. The molecule has 0 amide bonds. The van der Waals surface area contributed by atoms with Crippen LogP contribution >= 0.6 is 23.2 Å². The first-order valence-electron chi connectivity index (χ1n) is 11.4. The zero-order valence-corrected chi connectivity index (χ0v) is 21.5. The van der Waals surface area contributed by atoms with Crippen molar-refractivity contribution in [3.05, 3.63) is 80.6 Å². The monoisotopic (exact) mass is 515 g/mol. The first kappa shape index (κ1) is 25.1. The van der Waals surface area contributed by atoms with Gasteiger partial charge >= 0.3 is 5.97 Å². The van der Waals surface area contributed by atoms with Crippen LogP contribution < -0.4 is 14.8 Å². The summed E-state index contributed by atoms with van der Waals surface area (Å²) in [7, 11) is 3.16. The van der Waals surface area contributed by atoms with Crippen molar-refractivity contribution in [3.8, 4) is 11.5 Å². The van der Waals surface area contributed by atoms with Crippen LogP contribution in [0.25, 0.3) is 0 Å². The van der Waals surface area contributed by atoms with E-state index in [1.165, 1.54) is 0 Å². The van der Waals surface area contributed by atoms with Crippen LogP contribution in [0.15, 0.2) is 59.4 Å². The molecule has 1 aliphatic heterocycles. The fraction of sp³-hybridized carbons (Fsp3) is 0.333. The van der Waals surface area contributed by atoms with Gasteiger partial charge in [0.15, 0.2) is 11.5 Å². The lowest BCUT2D eigenvalue weighted by Gasteiger charge is -2.39. The Kier molecular flexibility index (Phi) is 7.43. The fourth-order valence-corrected chi connectivity index (χ4v) is 5.37. The highest BCUT2D eigenvalue weighted by Gasteiger charge is 2.45. The smallest absolute Gasteiger partial charge is 0.336 e. The SMILES string of the molecule is CCOC(=O)C1=C(C)NC2=CC(c3ccc(OC)c(OC)c3)CC(=O)C2C1c1cccc(Cl)c1Cl. The molecule has 6 nitrogen and oxygen atoms in total. The van der Waals surface area contributed by atoms with Crippen LogP contribution in [0.1, 0.15) is 43.2 Å². The van der Waals surface area contributed by atoms with Crippen LogP contribution in [-0.2, 0) is 14.3 Å². The number of hydrogen-bond acceptors (Lipinski definition) is 6. The largest absolute Gasteiger partial charge is 0.493 e. The minimum Gasteiger partial charge on any atom is -0.493 e. The number of carbonyl (C=O) groups excluding carboxylic acids is 2. The third-order valence-corrected chi connectivity index (χ3v) is 7.35. The molecule has 1 aliphatic carbocycles. The zero-order chi connectivity index (χ0) is 25.3. The van der Waals surface area contributed by atoms with Gasteiger partial charge in [0.1, 0.15) is 5.78 Å². The Bertz CT molecular complexity index is 1240. The van der Waals surface area contributed by atoms with E-state index in [4.69, 9.17) is 37.4 Å². The third-order valence-electron chi connectivity index (χ3n) is 6.51. The molecule has 0 bridgehead atoms. The number of allylic oxidation sites excluding steroid dienone is 3. The lowest BCUT2D eigenvalue weighted by molar-refractivity contribution is -0.139. The van der Waals surface area contributed by atoms with Gasteiger partial charge in [0.25, 0.3) is 0 Å². The topological polar surface area (TPSA) is 73.9 Å². The van der Waals surface area contributed by atoms with E-state index in [0.717, 1.165) is 11.3 Å². The lowest BCUT2D eigenvalue weighted by Crippen LogP contribution is -2.42. The molecule has 35 heavy (non-hydrogen) atoms. The maximum Gasteiger partial charge on any atom is 0.336 e. The van der Waals surface area contributed by atoms with Crippen LogP contribution in [0, 0.1) is 5.92 Å². The number of halogens is 2. The van der Waals surface area contributed by atoms with Gasteiger partial charge in [0.2, 0.25) is 0 Å². The van der Waals surface area contributed by atoms with E-state index in [9.17, 15) is 9.59 Å². The Labute approximate surface area is 214 Å². The highest BCUT2D eigenvalue weighted by molar-refractivity contribution is 6.42. The first-order valence-corrected chi connectivity index (χ1v) is 12.1. The maximum atomic E-state index is 13.7. The Morgan fingerprint density at radius 3 is 2.51 bits per heavy atom. The van der Waals surface area contributed by atoms with Gasteiger partial charge in [-0.3, -0.25) is 4.79 Å². The van der Waals surface area contributed by atoms with Gasteiger partial charge in [-0.1, -0.05) is 47.5 Å². The minimum atomic E-state index is -0.620. The Balaban J connectivity index is 1.84. The summed E-state index contributed by atoms with van der Waals surface area (Å²) in [6.45, 7) is 3.77. The Hall–Kier alpha value is -2.96. The highest BCUT2D eigenvalue weighted by Crippen LogP contribution is 2.49. The minimum absolute atomic E-state index is 0.00914. The summed E-state index contributed by atoms with van der Waals surface area (Å²) in [6, 6.07) is 10.9. The number of Topliss-reactive ketones (excluding diaryl/α,β-unsaturated/α-hetero) is 1.